The second kappa shape index (κ2) is 24.4. The normalized spacial score (nSPS) is 11.2. The van der Waals surface area contributed by atoms with Gasteiger partial charge in [0.1, 0.15) is 0 Å². The molecule has 0 saturated heterocycles. The Hall–Kier alpha value is -0.600. The molecule has 0 fully saturated rings. The Labute approximate surface area is 176 Å². The Kier molecular flexibility index (Phi) is 23.9. The quantitative estimate of drug-likeness (QED) is 0.0924. The van der Waals surface area contributed by atoms with E-state index in [1.807, 2.05) is 0 Å². The highest BCUT2D eigenvalue weighted by molar-refractivity contribution is 4.51. The summed E-state index contributed by atoms with van der Waals surface area (Å²) >= 11 is 0. The third-order valence-corrected chi connectivity index (χ3v) is 5.94. The van der Waals surface area contributed by atoms with Gasteiger partial charge in [-0.25, -0.2) is 0 Å². The fraction of sp³-hybridized carbons (Fsp3) is 1.00. The van der Waals surface area contributed by atoms with E-state index in [1.54, 1.807) is 0 Å². The molecule has 0 radical (unpaired) electrons. The van der Waals surface area contributed by atoms with E-state index >= 15 is 0 Å². The van der Waals surface area contributed by atoms with Crippen LogP contribution in [0.4, 0.5) is 0 Å². The molecule has 0 rings (SSSR count). The Morgan fingerprint density at radius 1 is 0.429 bits per heavy atom. The molecular formula is C25H51NO2. The molecule has 0 bridgehead atoms. The minimum Gasteiger partial charge on any atom is -0.265 e. The molecule has 0 aromatic carbocycles. The summed E-state index contributed by atoms with van der Waals surface area (Å²) < 4.78 is 0. The minimum absolute atomic E-state index is 0.152. The van der Waals surface area contributed by atoms with Gasteiger partial charge in [-0.2, -0.15) is 0 Å². The maximum Gasteiger partial charge on any atom is 0.203 e. The van der Waals surface area contributed by atoms with Crippen LogP contribution in [0.3, 0.4) is 0 Å². The molecule has 28 heavy (non-hydrogen) atoms. The summed E-state index contributed by atoms with van der Waals surface area (Å²) in [5.74, 6) is 0. The summed E-state index contributed by atoms with van der Waals surface area (Å²) in [4.78, 5) is 10.0. The lowest BCUT2D eigenvalue weighted by atomic mass is 10.0. The lowest BCUT2D eigenvalue weighted by molar-refractivity contribution is -0.480. The largest absolute Gasteiger partial charge is 0.265 e. The van der Waals surface area contributed by atoms with Crippen LogP contribution in [0.2, 0.25) is 0 Å². The molecule has 0 spiro atoms. The average molecular weight is 398 g/mol. The molecular weight excluding hydrogens is 346 g/mol. The van der Waals surface area contributed by atoms with Crippen molar-refractivity contribution in [1.29, 1.82) is 0 Å². The molecule has 0 aliphatic heterocycles. The van der Waals surface area contributed by atoms with Crippen LogP contribution in [0.25, 0.3) is 0 Å². The topological polar surface area (TPSA) is 43.1 Å². The van der Waals surface area contributed by atoms with E-state index in [-0.39, 0.29) is 11.5 Å². The fourth-order valence-corrected chi connectivity index (χ4v) is 4.03. The lowest BCUT2D eigenvalue weighted by Crippen LogP contribution is -1.99. The number of rotatable bonds is 24. The number of unbranched alkanes of at least 4 members (excludes halogenated alkanes) is 22. The van der Waals surface area contributed by atoms with Crippen molar-refractivity contribution in [3.05, 3.63) is 10.1 Å². The van der Waals surface area contributed by atoms with E-state index in [2.05, 4.69) is 6.92 Å². The summed E-state index contributed by atoms with van der Waals surface area (Å²) in [6.07, 6.45) is 31.3. The third kappa shape index (κ3) is 25.4. The zero-order valence-electron chi connectivity index (χ0n) is 19.2. The van der Waals surface area contributed by atoms with Crippen LogP contribution < -0.4 is 0 Å². The molecule has 168 valence electrons. The monoisotopic (exact) mass is 397 g/mol. The van der Waals surface area contributed by atoms with Gasteiger partial charge in [-0.05, 0) is 6.42 Å². The van der Waals surface area contributed by atoms with E-state index < -0.39 is 0 Å². The van der Waals surface area contributed by atoms with Gasteiger partial charge in [0.15, 0.2) is 0 Å². The van der Waals surface area contributed by atoms with Crippen LogP contribution in [-0.4, -0.2) is 11.5 Å². The SMILES string of the molecule is CCCCCCCCCCCCCCCCCCCCCCCCC[N+](=O)[O-]. The second-order valence-electron chi connectivity index (χ2n) is 8.83. The first-order valence-corrected chi connectivity index (χ1v) is 12.9. The highest BCUT2D eigenvalue weighted by Crippen LogP contribution is 2.15. The summed E-state index contributed by atoms with van der Waals surface area (Å²) in [6.45, 7) is 2.44. The second-order valence-corrected chi connectivity index (χ2v) is 8.83. The van der Waals surface area contributed by atoms with Crippen LogP contribution in [0.1, 0.15) is 155 Å². The standard InChI is InChI=1S/C25H51NO2/c1-2-3-4-5-6-7-8-9-10-11-12-13-14-15-16-17-18-19-20-21-22-23-24-25-26(27)28/h2-25H2,1H3. The Morgan fingerprint density at radius 3 is 0.857 bits per heavy atom. The van der Waals surface area contributed by atoms with Crippen LogP contribution >= 0.6 is 0 Å². The van der Waals surface area contributed by atoms with Crippen molar-refractivity contribution < 1.29 is 4.92 Å². The van der Waals surface area contributed by atoms with Gasteiger partial charge in [0.2, 0.25) is 6.54 Å². The molecule has 3 heteroatoms. The highest BCUT2D eigenvalue weighted by Gasteiger charge is 1.98. The van der Waals surface area contributed by atoms with Gasteiger partial charge in [0.25, 0.3) is 0 Å². The van der Waals surface area contributed by atoms with Gasteiger partial charge in [0, 0.05) is 11.3 Å². The van der Waals surface area contributed by atoms with Crippen molar-refractivity contribution in [2.75, 3.05) is 6.54 Å². The zero-order valence-corrected chi connectivity index (χ0v) is 19.2. The Morgan fingerprint density at radius 2 is 0.643 bits per heavy atom. The van der Waals surface area contributed by atoms with Gasteiger partial charge in [-0.3, -0.25) is 10.1 Å². The fourth-order valence-electron chi connectivity index (χ4n) is 4.03. The van der Waals surface area contributed by atoms with Gasteiger partial charge in [-0.15, -0.1) is 0 Å². The van der Waals surface area contributed by atoms with Crippen molar-refractivity contribution >= 4 is 0 Å². The van der Waals surface area contributed by atoms with Crippen LogP contribution in [0.15, 0.2) is 0 Å². The predicted octanol–water partition coefficient (Wildman–Crippen LogP) is 9.26. The number of nitro groups is 1. The smallest absolute Gasteiger partial charge is 0.203 e. The van der Waals surface area contributed by atoms with E-state index in [0.29, 0.717) is 0 Å². The molecule has 0 aromatic heterocycles. The third-order valence-electron chi connectivity index (χ3n) is 5.94. The van der Waals surface area contributed by atoms with Crippen molar-refractivity contribution in [2.24, 2.45) is 0 Å². The molecule has 3 nitrogen and oxygen atoms in total. The number of hydrogen-bond donors (Lipinski definition) is 0. The Balaban J connectivity index is 2.99. The van der Waals surface area contributed by atoms with Crippen LogP contribution in [0, 0.1) is 10.1 Å². The summed E-state index contributed by atoms with van der Waals surface area (Å²) in [5.41, 5.74) is 0. The highest BCUT2D eigenvalue weighted by atomic mass is 16.6. The molecule has 0 aromatic rings. The first-order valence-electron chi connectivity index (χ1n) is 12.9. The summed E-state index contributed by atoms with van der Waals surface area (Å²) in [6, 6.07) is 0. The molecule has 0 aliphatic carbocycles. The predicted molar refractivity (Wildman–Crippen MR) is 124 cm³/mol. The molecule has 0 heterocycles. The summed E-state index contributed by atoms with van der Waals surface area (Å²) in [7, 11) is 0. The molecule has 0 N–H and O–H groups in total. The first kappa shape index (κ1) is 27.4. The molecule has 0 amide bonds. The molecule has 0 aliphatic rings. The lowest BCUT2D eigenvalue weighted by Gasteiger charge is -2.04. The molecule has 0 saturated carbocycles. The van der Waals surface area contributed by atoms with Crippen LogP contribution in [0.5, 0.6) is 0 Å². The van der Waals surface area contributed by atoms with Gasteiger partial charge >= 0.3 is 0 Å². The van der Waals surface area contributed by atoms with Crippen molar-refractivity contribution in [3.8, 4) is 0 Å². The van der Waals surface area contributed by atoms with E-state index in [4.69, 9.17) is 0 Å². The van der Waals surface area contributed by atoms with E-state index in [9.17, 15) is 10.1 Å². The van der Waals surface area contributed by atoms with Crippen molar-refractivity contribution in [1.82, 2.24) is 0 Å². The molecule has 0 unspecified atom stereocenters. The number of nitrogens with zero attached hydrogens (tertiary/aromatic N) is 1. The van der Waals surface area contributed by atoms with Gasteiger partial charge in [0.05, 0.1) is 0 Å². The number of hydrogen-bond acceptors (Lipinski definition) is 2. The van der Waals surface area contributed by atoms with Crippen molar-refractivity contribution in [3.63, 3.8) is 0 Å². The minimum atomic E-state index is -0.197. The first-order chi connectivity index (χ1) is 13.8. The summed E-state index contributed by atoms with van der Waals surface area (Å²) in [5, 5.41) is 10.2. The van der Waals surface area contributed by atoms with Crippen molar-refractivity contribution in [2.45, 2.75) is 155 Å². The maximum atomic E-state index is 10.2. The van der Waals surface area contributed by atoms with Crippen LogP contribution in [-0.2, 0) is 0 Å². The van der Waals surface area contributed by atoms with Gasteiger partial charge in [-0.1, -0.05) is 142 Å². The molecule has 0 atom stereocenters. The maximum absolute atomic E-state index is 10.2. The van der Waals surface area contributed by atoms with E-state index in [0.717, 1.165) is 12.8 Å². The zero-order chi connectivity index (χ0) is 20.5. The van der Waals surface area contributed by atoms with E-state index in [1.165, 1.54) is 135 Å². The van der Waals surface area contributed by atoms with Gasteiger partial charge < -0.3 is 0 Å². The average Bonchev–Trinajstić information content (AvgIpc) is 2.68. The Bertz CT molecular complexity index is 307.